The van der Waals surface area contributed by atoms with Crippen LogP contribution in [0.3, 0.4) is 0 Å². The SMILES string of the molecule is C/C=[N+](\O)C(C)(C)C.CCC. The van der Waals surface area contributed by atoms with Crippen LogP contribution in [0.4, 0.5) is 0 Å². The minimum atomic E-state index is -0.158. The van der Waals surface area contributed by atoms with Crippen LogP contribution in [0.15, 0.2) is 0 Å². The predicted octanol–water partition coefficient (Wildman–Crippen LogP) is 2.69. The van der Waals surface area contributed by atoms with Gasteiger partial charge in [0.25, 0.3) is 0 Å². The maximum Gasteiger partial charge on any atom is 0.202 e. The molecule has 0 saturated carbocycles. The summed E-state index contributed by atoms with van der Waals surface area (Å²) in [4.78, 5) is 0. The molecule has 0 aromatic carbocycles. The minimum Gasteiger partial charge on any atom is -0.291 e. The molecule has 0 aliphatic carbocycles. The highest BCUT2D eigenvalue weighted by Crippen LogP contribution is 2.02. The fraction of sp³-hybridized carbons (Fsp3) is 0.889. The molecule has 2 nitrogen and oxygen atoms in total. The Bertz CT molecular complexity index is 111. The van der Waals surface area contributed by atoms with Gasteiger partial charge in [-0.3, -0.25) is 5.21 Å². The van der Waals surface area contributed by atoms with Gasteiger partial charge < -0.3 is 0 Å². The Labute approximate surface area is 70.5 Å². The van der Waals surface area contributed by atoms with E-state index in [1.807, 2.05) is 20.8 Å². The van der Waals surface area contributed by atoms with E-state index >= 15 is 0 Å². The monoisotopic (exact) mass is 160 g/mol. The third-order valence-electron chi connectivity index (χ3n) is 0.932. The lowest BCUT2D eigenvalue weighted by molar-refractivity contribution is -0.817. The fourth-order valence-electron chi connectivity index (χ4n) is 0.387. The first kappa shape index (κ1) is 13.1. The zero-order valence-corrected chi connectivity index (χ0v) is 8.68. The van der Waals surface area contributed by atoms with E-state index in [1.165, 1.54) is 11.2 Å². The standard InChI is InChI=1S/C6H14NO.C3H8/c1-5-7(8)6(2,3)4;1-3-2/h5,8H,1-4H3;3H2,1-2H3/q+1;/b7-5-;. The van der Waals surface area contributed by atoms with Crippen molar-refractivity contribution in [3.63, 3.8) is 0 Å². The highest BCUT2D eigenvalue weighted by atomic mass is 16.5. The Hall–Kier alpha value is -0.530. The van der Waals surface area contributed by atoms with Crippen molar-refractivity contribution in [1.82, 2.24) is 0 Å². The van der Waals surface area contributed by atoms with Crippen LogP contribution < -0.4 is 0 Å². The van der Waals surface area contributed by atoms with Crippen molar-refractivity contribution in [1.29, 1.82) is 0 Å². The van der Waals surface area contributed by atoms with Gasteiger partial charge >= 0.3 is 0 Å². The van der Waals surface area contributed by atoms with Gasteiger partial charge in [-0.15, -0.1) is 0 Å². The summed E-state index contributed by atoms with van der Waals surface area (Å²) in [6, 6.07) is 0. The van der Waals surface area contributed by atoms with Gasteiger partial charge in [0.1, 0.15) is 0 Å². The molecule has 2 heteroatoms. The molecular weight excluding hydrogens is 138 g/mol. The van der Waals surface area contributed by atoms with Crippen LogP contribution in [0, 0.1) is 0 Å². The number of hydrogen-bond donors (Lipinski definition) is 1. The Balaban J connectivity index is 0. The Kier molecular flexibility index (Phi) is 7.37. The van der Waals surface area contributed by atoms with Crippen molar-refractivity contribution >= 4 is 6.21 Å². The molecule has 0 radical (unpaired) electrons. The van der Waals surface area contributed by atoms with E-state index in [1.54, 1.807) is 13.1 Å². The molecule has 0 unspecified atom stereocenters. The van der Waals surface area contributed by atoms with Crippen LogP contribution in [-0.2, 0) is 0 Å². The summed E-state index contributed by atoms with van der Waals surface area (Å²) in [6.07, 6.45) is 2.89. The van der Waals surface area contributed by atoms with Crippen molar-refractivity contribution in [3.8, 4) is 0 Å². The van der Waals surface area contributed by atoms with Crippen LogP contribution in [0.5, 0.6) is 0 Å². The maximum atomic E-state index is 8.97. The summed E-state index contributed by atoms with van der Waals surface area (Å²) in [6.45, 7) is 11.9. The fourth-order valence-corrected chi connectivity index (χ4v) is 0.387. The highest BCUT2D eigenvalue weighted by Gasteiger charge is 2.22. The van der Waals surface area contributed by atoms with Crippen LogP contribution in [0.2, 0.25) is 0 Å². The van der Waals surface area contributed by atoms with Crippen molar-refractivity contribution in [2.24, 2.45) is 0 Å². The smallest absolute Gasteiger partial charge is 0.202 e. The molecule has 1 N–H and O–H groups in total. The van der Waals surface area contributed by atoms with Crippen LogP contribution in [-0.4, -0.2) is 21.7 Å². The van der Waals surface area contributed by atoms with Crippen LogP contribution >= 0.6 is 0 Å². The van der Waals surface area contributed by atoms with Gasteiger partial charge in [-0.25, -0.2) is 0 Å². The second kappa shape index (κ2) is 6.20. The lowest BCUT2D eigenvalue weighted by Crippen LogP contribution is -2.30. The summed E-state index contributed by atoms with van der Waals surface area (Å²) in [5.41, 5.74) is -0.158. The van der Waals surface area contributed by atoms with Crippen molar-refractivity contribution < 1.29 is 9.95 Å². The lowest BCUT2D eigenvalue weighted by atomic mass is 10.1. The molecule has 0 atom stereocenters. The third kappa shape index (κ3) is 9.47. The van der Waals surface area contributed by atoms with Crippen molar-refractivity contribution in [2.45, 2.75) is 53.5 Å². The molecule has 0 aliphatic rings. The number of hydroxylamine groups is 1. The van der Waals surface area contributed by atoms with E-state index in [9.17, 15) is 0 Å². The molecule has 0 aliphatic heterocycles. The number of nitrogens with zero attached hydrogens (tertiary/aromatic N) is 1. The number of hydrogen-bond acceptors (Lipinski definition) is 1. The van der Waals surface area contributed by atoms with Crippen LogP contribution in [0.1, 0.15) is 48.0 Å². The topological polar surface area (TPSA) is 23.2 Å². The Morgan fingerprint density at radius 2 is 1.55 bits per heavy atom. The molecule has 0 fully saturated rings. The molecule has 0 saturated heterocycles. The summed E-state index contributed by atoms with van der Waals surface area (Å²) in [5, 5.41) is 8.97. The zero-order valence-electron chi connectivity index (χ0n) is 8.68. The zero-order chi connectivity index (χ0) is 9.49. The van der Waals surface area contributed by atoms with Crippen LogP contribution in [0.25, 0.3) is 0 Å². The first-order valence-corrected chi connectivity index (χ1v) is 4.17. The van der Waals surface area contributed by atoms with Crippen molar-refractivity contribution in [2.75, 3.05) is 0 Å². The average Bonchev–Trinajstić information content (AvgIpc) is 1.86. The minimum absolute atomic E-state index is 0.158. The van der Waals surface area contributed by atoms with Gasteiger partial charge in [0, 0.05) is 27.7 Å². The van der Waals surface area contributed by atoms with E-state index in [0.29, 0.717) is 0 Å². The summed E-state index contributed by atoms with van der Waals surface area (Å²) in [7, 11) is 0. The summed E-state index contributed by atoms with van der Waals surface area (Å²) < 4.78 is 1.19. The third-order valence-corrected chi connectivity index (χ3v) is 0.932. The van der Waals surface area contributed by atoms with Gasteiger partial charge in [-0.2, -0.15) is 0 Å². The van der Waals surface area contributed by atoms with E-state index in [0.717, 1.165) is 0 Å². The van der Waals surface area contributed by atoms with E-state index in [2.05, 4.69) is 13.8 Å². The lowest BCUT2D eigenvalue weighted by Gasteiger charge is -2.07. The molecule has 11 heavy (non-hydrogen) atoms. The summed E-state index contributed by atoms with van der Waals surface area (Å²) >= 11 is 0. The average molecular weight is 160 g/mol. The van der Waals surface area contributed by atoms with Crippen molar-refractivity contribution in [3.05, 3.63) is 0 Å². The highest BCUT2D eigenvalue weighted by molar-refractivity contribution is 5.46. The molecule has 0 spiro atoms. The molecular formula is C9H22NO+. The maximum absolute atomic E-state index is 8.97. The van der Waals surface area contributed by atoms with E-state index in [4.69, 9.17) is 5.21 Å². The molecule has 0 aromatic heterocycles. The van der Waals surface area contributed by atoms with Gasteiger partial charge in [0.15, 0.2) is 6.21 Å². The molecule has 0 bridgehead atoms. The van der Waals surface area contributed by atoms with Gasteiger partial charge in [0.05, 0.1) is 0 Å². The second-order valence-electron chi connectivity index (χ2n) is 3.48. The normalized spacial score (nSPS) is 12.0. The first-order valence-electron chi connectivity index (χ1n) is 4.17. The van der Waals surface area contributed by atoms with Gasteiger partial charge in [-0.05, 0) is 4.74 Å². The van der Waals surface area contributed by atoms with Gasteiger partial charge in [-0.1, -0.05) is 20.3 Å². The molecule has 0 rings (SSSR count). The largest absolute Gasteiger partial charge is 0.291 e. The summed E-state index contributed by atoms with van der Waals surface area (Å²) in [5.74, 6) is 0. The second-order valence-corrected chi connectivity index (χ2v) is 3.48. The first-order chi connectivity index (χ1) is 4.90. The Morgan fingerprint density at radius 3 is 1.55 bits per heavy atom. The van der Waals surface area contributed by atoms with Gasteiger partial charge in [0.2, 0.25) is 5.54 Å². The number of rotatable bonds is 0. The quantitative estimate of drug-likeness (QED) is 0.250. The molecule has 68 valence electrons. The molecule has 0 heterocycles. The molecule has 0 amide bonds. The van der Waals surface area contributed by atoms with E-state index in [-0.39, 0.29) is 5.54 Å². The Morgan fingerprint density at radius 1 is 1.27 bits per heavy atom. The molecule has 0 aromatic rings. The predicted molar refractivity (Wildman–Crippen MR) is 49.5 cm³/mol. The van der Waals surface area contributed by atoms with E-state index < -0.39 is 0 Å².